The van der Waals surface area contributed by atoms with Crippen LogP contribution in [0.5, 0.6) is 23.1 Å². The normalized spacial score (nSPS) is 17.9. The van der Waals surface area contributed by atoms with E-state index in [0.717, 1.165) is 12.0 Å². The van der Waals surface area contributed by atoms with E-state index in [1.165, 1.54) is 6.92 Å². The predicted molar refractivity (Wildman–Crippen MR) is 113 cm³/mol. The first-order valence-corrected chi connectivity index (χ1v) is 10.4. The average molecular weight is 440 g/mol. The molecule has 0 saturated carbocycles. The predicted octanol–water partition coefficient (Wildman–Crippen LogP) is 3.30. The molecule has 2 N–H and O–H groups in total. The smallest absolute Gasteiger partial charge is 0.332 e. The molecule has 9 heteroatoms. The first-order chi connectivity index (χ1) is 15.5. The molecule has 1 aromatic carbocycles. The van der Waals surface area contributed by atoms with Gasteiger partial charge in [-0.25, -0.2) is 9.78 Å². The lowest BCUT2D eigenvalue weighted by molar-refractivity contribution is -0.153. The van der Waals surface area contributed by atoms with Gasteiger partial charge in [0.05, 0.1) is 6.10 Å². The minimum absolute atomic E-state index is 0.124. The highest BCUT2D eigenvalue weighted by Gasteiger charge is 2.22. The highest BCUT2D eigenvalue weighted by atomic mass is 16.7. The number of carbonyl (C=O) groups excluding carboxylic acids is 1. The molecule has 1 amide bonds. The van der Waals surface area contributed by atoms with Gasteiger partial charge >= 0.3 is 5.97 Å². The van der Waals surface area contributed by atoms with Crippen molar-refractivity contribution in [1.82, 2.24) is 10.3 Å². The van der Waals surface area contributed by atoms with Crippen LogP contribution < -0.4 is 19.5 Å². The number of hydrogen-bond donors (Lipinski definition) is 2. The zero-order valence-corrected chi connectivity index (χ0v) is 17.6. The molecule has 4 rings (SSSR count). The Labute approximate surface area is 185 Å². The number of nitrogens with one attached hydrogen (secondary N) is 1. The Morgan fingerprint density at radius 2 is 2.12 bits per heavy atom. The first-order valence-electron chi connectivity index (χ1n) is 10.4. The van der Waals surface area contributed by atoms with Crippen molar-refractivity contribution < 1.29 is 33.6 Å². The second kappa shape index (κ2) is 9.69. The van der Waals surface area contributed by atoms with Gasteiger partial charge in [0.2, 0.25) is 12.7 Å². The Kier molecular flexibility index (Phi) is 6.55. The van der Waals surface area contributed by atoms with Crippen LogP contribution >= 0.6 is 0 Å². The molecule has 32 heavy (non-hydrogen) atoms. The molecule has 2 aromatic rings. The minimum atomic E-state index is -0.970. The maximum absolute atomic E-state index is 12.8. The van der Waals surface area contributed by atoms with Crippen molar-refractivity contribution in [2.24, 2.45) is 0 Å². The number of carboxylic acid groups (broad SMARTS) is 1. The number of aliphatic carboxylic acids is 1. The topological polar surface area (TPSA) is 116 Å². The van der Waals surface area contributed by atoms with Crippen LogP contribution in [0.15, 0.2) is 48.2 Å². The van der Waals surface area contributed by atoms with Crippen LogP contribution in [0.1, 0.15) is 36.5 Å². The van der Waals surface area contributed by atoms with Gasteiger partial charge < -0.3 is 29.4 Å². The van der Waals surface area contributed by atoms with Crippen LogP contribution in [0.2, 0.25) is 0 Å². The standard InChI is InChI=1S/C23H24N2O7/c1-14(23(27)28)31-16-6-4-15(5-7-16)12-25-21(26)18-3-2-10-24-22(18)32-17-8-9-19-20(11-17)30-13-29-19/h2-4,8-11,14,16H,5-7,12-13H2,1H3,(H,25,26)(H,27,28). The fourth-order valence-corrected chi connectivity index (χ4v) is 3.48. The number of carbonyl (C=O) groups is 2. The summed E-state index contributed by atoms with van der Waals surface area (Å²) in [6.45, 7) is 2.08. The number of hydrogen-bond acceptors (Lipinski definition) is 7. The highest BCUT2D eigenvalue weighted by molar-refractivity contribution is 5.96. The number of rotatable bonds is 8. The van der Waals surface area contributed by atoms with E-state index in [0.29, 0.717) is 42.2 Å². The van der Waals surface area contributed by atoms with Gasteiger partial charge in [0.1, 0.15) is 11.3 Å². The van der Waals surface area contributed by atoms with Gasteiger partial charge in [-0.3, -0.25) is 4.79 Å². The molecule has 0 spiro atoms. The van der Waals surface area contributed by atoms with E-state index in [2.05, 4.69) is 10.3 Å². The van der Waals surface area contributed by atoms with Gasteiger partial charge in [0.25, 0.3) is 5.91 Å². The summed E-state index contributed by atoms with van der Waals surface area (Å²) >= 11 is 0. The maximum Gasteiger partial charge on any atom is 0.332 e. The van der Waals surface area contributed by atoms with Crippen molar-refractivity contribution in [1.29, 1.82) is 0 Å². The number of fused-ring (bicyclic) bond motifs is 1. The zero-order chi connectivity index (χ0) is 22.5. The highest BCUT2D eigenvalue weighted by Crippen LogP contribution is 2.36. The maximum atomic E-state index is 12.8. The molecule has 9 nitrogen and oxygen atoms in total. The molecular weight excluding hydrogens is 416 g/mol. The van der Waals surface area contributed by atoms with Crippen molar-refractivity contribution >= 4 is 11.9 Å². The second-order valence-electron chi connectivity index (χ2n) is 7.53. The number of amides is 1. The molecule has 0 saturated heterocycles. The second-order valence-corrected chi connectivity index (χ2v) is 7.53. The summed E-state index contributed by atoms with van der Waals surface area (Å²) in [7, 11) is 0. The molecule has 2 aliphatic rings. The van der Waals surface area contributed by atoms with Gasteiger partial charge in [0.15, 0.2) is 17.6 Å². The Balaban J connectivity index is 1.34. The molecule has 168 valence electrons. The van der Waals surface area contributed by atoms with E-state index >= 15 is 0 Å². The largest absolute Gasteiger partial charge is 0.479 e. The number of nitrogens with zero attached hydrogens (tertiary/aromatic N) is 1. The van der Waals surface area contributed by atoms with Crippen LogP contribution in [-0.4, -0.2) is 47.5 Å². The quantitative estimate of drug-likeness (QED) is 0.601. The van der Waals surface area contributed by atoms with Gasteiger partial charge in [-0.2, -0.15) is 0 Å². The summed E-state index contributed by atoms with van der Waals surface area (Å²) in [6, 6.07) is 8.48. The summed E-state index contributed by atoms with van der Waals surface area (Å²) in [5.74, 6) is 0.627. The first kappa shape index (κ1) is 21.6. The van der Waals surface area contributed by atoms with E-state index in [1.807, 2.05) is 6.08 Å². The van der Waals surface area contributed by atoms with Crippen LogP contribution in [0.25, 0.3) is 0 Å². The zero-order valence-electron chi connectivity index (χ0n) is 17.6. The van der Waals surface area contributed by atoms with Gasteiger partial charge in [-0.05, 0) is 50.5 Å². The van der Waals surface area contributed by atoms with Crippen molar-refractivity contribution in [3.05, 3.63) is 53.7 Å². The molecule has 2 unspecified atom stereocenters. The van der Waals surface area contributed by atoms with Gasteiger partial charge in [-0.1, -0.05) is 11.6 Å². The van der Waals surface area contributed by atoms with Crippen LogP contribution in [0, 0.1) is 0 Å². The van der Waals surface area contributed by atoms with E-state index < -0.39 is 12.1 Å². The molecule has 1 aliphatic carbocycles. The fraction of sp³-hybridized carbons (Fsp3) is 0.348. The lowest BCUT2D eigenvalue weighted by Gasteiger charge is -2.24. The Hall–Kier alpha value is -3.59. The number of carboxylic acids is 1. The molecule has 2 heterocycles. The summed E-state index contributed by atoms with van der Waals surface area (Å²) in [5.41, 5.74) is 1.39. The third-order valence-electron chi connectivity index (χ3n) is 5.25. The van der Waals surface area contributed by atoms with Crippen molar-refractivity contribution in [3.63, 3.8) is 0 Å². The van der Waals surface area contributed by atoms with Crippen LogP contribution in [0.4, 0.5) is 0 Å². The summed E-state index contributed by atoms with van der Waals surface area (Å²) in [5, 5.41) is 11.9. The van der Waals surface area contributed by atoms with E-state index in [9.17, 15) is 9.59 Å². The number of benzene rings is 1. The van der Waals surface area contributed by atoms with Crippen LogP contribution in [0.3, 0.4) is 0 Å². The lowest BCUT2D eigenvalue weighted by Crippen LogP contribution is -2.30. The summed E-state index contributed by atoms with van der Waals surface area (Å²) < 4.78 is 22.0. The molecule has 2 atom stereocenters. The average Bonchev–Trinajstić information content (AvgIpc) is 3.26. The van der Waals surface area contributed by atoms with E-state index in [4.69, 9.17) is 24.1 Å². The van der Waals surface area contributed by atoms with Crippen molar-refractivity contribution in [2.75, 3.05) is 13.3 Å². The minimum Gasteiger partial charge on any atom is -0.479 e. The molecule has 0 bridgehead atoms. The Morgan fingerprint density at radius 3 is 2.91 bits per heavy atom. The Morgan fingerprint density at radius 1 is 1.28 bits per heavy atom. The molecule has 1 aliphatic heterocycles. The number of aromatic nitrogens is 1. The third kappa shape index (κ3) is 5.17. The van der Waals surface area contributed by atoms with Crippen LogP contribution in [-0.2, 0) is 9.53 Å². The molecule has 0 fully saturated rings. The fourth-order valence-electron chi connectivity index (χ4n) is 3.48. The Bertz CT molecular complexity index is 1040. The van der Waals surface area contributed by atoms with Gasteiger partial charge in [0, 0.05) is 18.8 Å². The number of ether oxygens (including phenoxy) is 4. The molecule has 0 radical (unpaired) electrons. The third-order valence-corrected chi connectivity index (χ3v) is 5.25. The SMILES string of the molecule is CC(OC1CC=C(CNC(=O)c2cccnc2Oc2ccc3c(c2)OCO3)CC1)C(=O)O. The monoisotopic (exact) mass is 440 g/mol. The molecule has 1 aromatic heterocycles. The number of pyridine rings is 1. The summed E-state index contributed by atoms with van der Waals surface area (Å²) in [6.07, 6.45) is 4.66. The van der Waals surface area contributed by atoms with Gasteiger partial charge in [-0.15, -0.1) is 0 Å². The lowest BCUT2D eigenvalue weighted by atomic mass is 9.97. The van der Waals surface area contributed by atoms with E-state index in [-0.39, 0.29) is 24.7 Å². The summed E-state index contributed by atoms with van der Waals surface area (Å²) in [4.78, 5) is 27.9. The van der Waals surface area contributed by atoms with Crippen molar-refractivity contribution in [3.8, 4) is 23.1 Å². The molecular formula is C23H24N2O7. The van der Waals surface area contributed by atoms with Crippen molar-refractivity contribution in [2.45, 2.75) is 38.4 Å². The van der Waals surface area contributed by atoms with E-state index in [1.54, 1.807) is 36.5 Å².